The summed E-state index contributed by atoms with van der Waals surface area (Å²) in [4.78, 5) is 35.9. The van der Waals surface area contributed by atoms with E-state index in [-0.39, 0.29) is 0 Å². The molecule has 0 saturated heterocycles. The van der Waals surface area contributed by atoms with Gasteiger partial charge in [0.15, 0.2) is 6.61 Å². The minimum atomic E-state index is -0.874. The third kappa shape index (κ3) is 6.39. The Balaban J connectivity index is 1.79. The van der Waals surface area contributed by atoms with Crippen molar-refractivity contribution in [2.24, 2.45) is 0 Å². The van der Waals surface area contributed by atoms with Crippen LogP contribution in [0, 0.1) is 13.8 Å². The minimum absolute atomic E-state index is 0.423. The van der Waals surface area contributed by atoms with Crippen LogP contribution in [0.2, 0.25) is 0 Å². The predicted molar refractivity (Wildman–Crippen MR) is 109 cm³/mol. The molecule has 2 aromatic carbocycles. The molecule has 0 aliphatic rings. The summed E-state index contributed by atoms with van der Waals surface area (Å²) >= 11 is 0. The van der Waals surface area contributed by atoms with Gasteiger partial charge in [0.05, 0.1) is 0 Å². The molecular weight excluding hydrogens is 356 g/mol. The van der Waals surface area contributed by atoms with Crippen LogP contribution in [0.5, 0.6) is 0 Å². The van der Waals surface area contributed by atoms with E-state index in [0.29, 0.717) is 5.69 Å². The predicted octanol–water partition coefficient (Wildman–Crippen LogP) is 3.00. The third-order valence-electron chi connectivity index (χ3n) is 4.03. The standard InChI is InChI=1S/C22H24N2O4/c1-15-8-7-9-16(2)21(15)24-20(26)14-28-22(27)17(3)23-19(25)13-12-18-10-5-4-6-11-18/h4-13,17H,14H2,1-3H3,(H,23,25)(H,24,26)/b13-12+/t17-/m0/s1. The van der Waals surface area contributed by atoms with Gasteiger partial charge in [0.2, 0.25) is 5.91 Å². The normalized spacial score (nSPS) is 11.7. The van der Waals surface area contributed by atoms with Crippen molar-refractivity contribution in [3.05, 3.63) is 71.3 Å². The summed E-state index contributed by atoms with van der Waals surface area (Å²) < 4.78 is 4.99. The lowest BCUT2D eigenvalue weighted by atomic mass is 10.1. The smallest absolute Gasteiger partial charge is 0.328 e. The number of rotatable bonds is 7. The molecule has 0 spiro atoms. The average molecular weight is 380 g/mol. The molecule has 0 aromatic heterocycles. The molecule has 2 N–H and O–H groups in total. The van der Waals surface area contributed by atoms with Crippen LogP contribution in [0.3, 0.4) is 0 Å². The maximum atomic E-state index is 12.0. The summed E-state index contributed by atoms with van der Waals surface area (Å²) in [6.07, 6.45) is 2.98. The van der Waals surface area contributed by atoms with E-state index in [9.17, 15) is 14.4 Å². The number of nitrogens with one attached hydrogen (secondary N) is 2. The molecule has 0 aliphatic heterocycles. The first-order valence-corrected chi connectivity index (χ1v) is 8.93. The number of carbonyl (C=O) groups excluding carboxylic acids is 3. The zero-order chi connectivity index (χ0) is 20.5. The second-order valence-electron chi connectivity index (χ2n) is 6.40. The molecule has 0 saturated carbocycles. The van der Waals surface area contributed by atoms with Crippen molar-refractivity contribution in [1.82, 2.24) is 5.32 Å². The number of carbonyl (C=O) groups is 3. The van der Waals surface area contributed by atoms with Gasteiger partial charge in [-0.05, 0) is 43.5 Å². The van der Waals surface area contributed by atoms with Gasteiger partial charge in [0.1, 0.15) is 6.04 Å². The lowest BCUT2D eigenvalue weighted by Crippen LogP contribution is -2.39. The number of hydrogen-bond acceptors (Lipinski definition) is 4. The largest absolute Gasteiger partial charge is 0.454 e. The van der Waals surface area contributed by atoms with E-state index in [2.05, 4.69) is 10.6 Å². The van der Waals surface area contributed by atoms with E-state index >= 15 is 0 Å². The molecule has 146 valence electrons. The van der Waals surface area contributed by atoms with Gasteiger partial charge in [-0.2, -0.15) is 0 Å². The lowest BCUT2D eigenvalue weighted by Gasteiger charge is -2.14. The first-order chi connectivity index (χ1) is 13.4. The van der Waals surface area contributed by atoms with Gasteiger partial charge in [-0.25, -0.2) is 4.79 Å². The van der Waals surface area contributed by atoms with Gasteiger partial charge in [-0.15, -0.1) is 0 Å². The molecule has 6 heteroatoms. The Morgan fingerprint density at radius 1 is 1.00 bits per heavy atom. The molecule has 0 fully saturated rings. The molecule has 2 amide bonds. The first-order valence-electron chi connectivity index (χ1n) is 8.93. The number of ether oxygens (including phenoxy) is 1. The summed E-state index contributed by atoms with van der Waals surface area (Å²) in [5, 5.41) is 5.25. The van der Waals surface area contributed by atoms with Crippen LogP contribution in [0.25, 0.3) is 6.08 Å². The third-order valence-corrected chi connectivity index (χ3v) is 4.03. The molecule has 2 aromatic rings. The van der Waals surface area contributed by atoms with Crippen molar-refractivity contribution in [1.29, 1.82) is 0 Å². The number of benzene rings is 2. The molecule has 2 rings (SSSR count). The highest BCUT2D eigenvalue weighted by Gasteiger charge is 2.17. The zero-order valence-electron chi connectivity index (χ0n) is 16.2. The summed E-state index contributed by atoms with van der Waals surface area (Å²) in [6, 6.07) is 14.1. The number of esters is 1. The summed E-state index contributed by atoms with van der Waals surface area (Å²) in [7, 11) is 0. The Morgan fingerprint density at radius 2 is 1.64 bits per heavy atom. The van der Waals surface area contributed by atoms with Crippen LogP contribution in [-0.4, -0.2) is 30.4 Å². The van der Waals surface area contributed by atoms with E-state index in [1.54, 1.807) is 6.08 Å². The lowest BCUT2D eigenvalue weighted by molar-refractivity contribution is -0.149. The monoisotopic (exact) mass is 380 g/mol. The topological polar surface area (TPSA) is 84.5 Å². The number of aryl methyl sites for hydroxylation is 2. The first kappa shape index (κ1) is 20.9. The highest BCUT2D eigenvalue weighted by molar-refractivity contribution is 5.96. The second-order valence-corrected chi connectivity index (χ2v) is 6.40. The second kappa shape index (κ2) is 10.1. The van der Waals surface area contributed by atoms with Gasteiger partial charge in [0.25, 0.3) is 5.91 Å². The van der Waals surface area contributed by atoms with E-state index in [1.165, 1.54) is 13.0 Å². The van der Waals surface area contributed by atoms with Crippen LogP contribution >= 0.6 is 0 Å². The van der Waals surface area contributed by atoms with E-state index in [0.717, 1.165) is 16.7 Å². The molecule has 6 nitrogen and oxygen atoms in total. The maximum Gasteiger partial charge on any atom is 0.328 e. The van der Waals surface area contributed by atoms with Crippen LogP contribution < -0.4 is 10.6 Å². The fourth-order valence-electron chi connectivity index (χ4n) is 2.51. The molecule has 0 heterocycles. The molecule has 0 unspecified atom stereocenters. The fraction of sp³-hybridized carbons (Fsp3) is 0.227. The van der Waals surface area contributed by atoms with Crippen LogP contribution in [-0.2, 0) is 19.1 Å². The Bertz CT molecular complexity index is 855. The van der Waals surface area contributed by atoms with E-state index in [4.69, 9.17) is 4.74 Å². The molecule has 0 bridgehead atoms. The maximum absolute atomic E-state index is 12.0. The summed E-state index contributed by atoms with van der Waals surface area (Å²) in [5.41, 5.74) is 3.42. The summed E-state index contributed by atoms with van der Waals surface area (Å²) in [6.45, 7) is 4.84. The van der Waals surface area contributed by atoms with Gasteiger partial charge in [-0.1, -0.05) is 48.5 Å². The van der Waals surface area contributed by atoms with Crippen molar-refractivity contribution in [2.45, 2.75) is 26.8 Å². The highest BCUT2D eigenvalue weighted by atomic mass is 16.5. The Morgan fingerprint density at radius 3 is 2.29 bits per heavy atom. The minimum Gasteiger partial charge on any atom is -0.454 e. The number of anilines is 1. The van der Waals surface area contributed by atoms with Gasteiger partial charge >= 0.3 is 5.97 Å². The fourth-order valence-corrected chi connectivity index (χ4v) is 2.51. The Hall–Kier alpha value is -3.41. The van der Waals surface area contributed by atoms with Crippen LogP contribution in [0.15, 0.2) is 54.6 Å². The number of amides is 2. The molecule has 0 aliphatic carbocycles. The van der Waals surface area contributed by atoms with Crippen molar-refractivity contribution >= 4 is 29.5 Å². The zero-order valence-corrected chi connectivity index (χ0v) is 16.2. The molecule has 0 radical (unpaired) electrons. The van der Waals surface area contributed by atoms with Gasteiger partial charge in [-0.3, -0.25) is 9.59 Å². The number of para-hydroxylation sites is 1. The Labute approximate surface area is 164 Å². The Kier molecular flexibility index (Phi) is 7.51. The molecule has 1 atom stereocenters. The molecule has 28 heavy (non-hydrogen) atoms. The van der Waals surface area contributed by atoms with Crippen LogP contribution in [0.1, 0.15) is 23.6 Å². The average Bonchev–Trinajstić information content (AvgIpc) is 2.68. The van der Waals surface area contributed by atoms with Crippen molar-refractivity contribution in [3.8, 4) is 0 Å². The van der Waals surface area contributed by atoms with Gasteiger partial charge < -0.3 is 15.4 Å². The van der Waals surface area contributed by atoms with E-state index in [1.807, 2.05) is 62.4 Å². The van der Waals surface area contributed by atoms with Crippen molar-refractivity contribution < 1.29 is 19.1 Å². The number of hydrogen-bond donors (Lipinski definition) is 2. The quantitative estimate of drug-likeness (QED) is 0.571. The van der Waals surface area contributed by atoms with Crippen molar-refractivity contribution in [3.63, 3.8) is 0 Å². The van der Waals surface area contributed by atoms with Gasteiger partial charge in [0, 0.05) is 11.8 Å². The van der Waals surface area contributed by atoms with E-state index < -0.39 is 30.4 Å². The van der Waals surface area contributed by atoms with Crippen LogP contribution in [0.4, 0.5) is 5.69 Å². The van der Waals surface area contributed by atoms with Crippen molar-refractivity contribution in [2.75, 3.05) is 11.9 Å². The highest BCUT2D eigenvalue weighted by Crippen LogP contribution is 2.19. The SMILES string of the molecule is Cc1cccc(C)c1NC(=O)COC(=O)[C@H](C)NC(=O)/C=C/c1ccccc1. The summed E-state index contributed by atoms with van der Waals surface area (Å²) in [5.74, 6) is -1.54. The molecular formula is C22H24N2O4.